The molecule has 1 aliphatic carbocycles. The number of aromatic carboxylic acids is 1. The van der Waals surface area contributed by atoms with E-state index in [9.17, 15) is 22.4 Å². The largest absolute Gasteiger partial charge is 0.478 e. The summed E-state index contributed by atoms with van der Waals surface area (Å²) in [5, 5.41) is 9.14. The van der Waals surface area contributed by atoms with Crippen molar-refractivity contribution in [1.82, 2.24) is 9.03 Å². The molecule has 2 aliphatic rings. The summed E-state index contributed by atoms with van der Waals surface area (Å²) in [4.78, 5) is 25.4. The summed E-state index contributed by atoms with van der Waals surface area (Å²) >= 11 is 0. The first-order chi connectivity index (χ1) is 11.6. The minimum absolute atomic E-state index is 0.107. The second-order valence-corrected chi connectivity index (χ2v) is 8.42. The first kappa shape index (κ1) is 17.6. The minimum Gasteiger partial charge on any atom is -0.478 e. The molecular weight excluding hydrogens is 353 g/mol. The number of carboxylic acid groups (broad SMARTS) is 1. The number of rotatable bonds is 5. The summed E-state index contributed by atoms with van der Waals surface area (Å²) in [6.45, 7) is 1.18. The van der Waals surface area contributed by atoms with Crippen LogP contribution in [0.2, 0.25) is 0 Å². The lowest BCUT2D eigenvalue weighted by Crippen LogP contribution is -2.40. The lowest BCUT2D eigenvalue weighted by Gasteiger charge is -2.24. The van der Waals surface area contributed by atoms with Gasteiger partial charge in [-0.25, -0.2) is 13.9 Å². The van der Waals surface area contributed by atoms with Crippen LogP contribution in [0, 0.1) is 17.7 Å². The van der Waals surface area contributed by atoms with Crippen molar-refractivity contribution in [3.05, 3.63) is 29.1 Å². The molecule has 1 saturated heterocycles. The first-order valence-electron chi connectivity index (χ1n) is 7.66. The molecule has 1 aromatic carbocycles. The molecule has 2 N–H and O–H groups in total. The van der Waals surface area contributed by atoms with E-state index in [-0.39, 0.29) is 11.3 Å². The number of piperidine rings is 1. The van der Waals surface area contributed by atoms with E-state index in [1.165, 1.54) is 20.2 Å². The third kappa shape index (κ3) is 3.31. The number of carboxylic acids is 1. The van der Waals surface area contributed by atoms with Gasteiger partial charge in [-0.3, -0.25) is 4.79 Å². The highest BCUT2D eigenvalue weighted by Gasteiger charge is 2.46. The van der Waals surface area contributed by atoms with E-state index < -0.39 is 33.5 Å². The molecule has 25 heavy (non-hydrogen) atoms. The van der Waals surface area contributed by atoms with Crippen molar-refractivity contribution >= 4 is 27.8 Å². The number of halogens is 1. The van der Waals surface area contributed by atoms with Crippen LogP contribution in [0.15, 0.2) is 12.1 Å². The fraction of sp³-hybridized carbons (Fsp3) is 0.467. The Morgan fingerprint density at radius 2 is 1.88 bits per heavy atom. The summed E-state index contributed by atoms with van der Waals surface area (Å²) in [6.07, 6.45) is 1.06. The molecule has 10 heteroatoms. The standard InChI is InChI=1S/C15H18FN3O5S/c1-18(2)25(23,24)17-14(20)13-11(16)4-8(15(21)22)5-12(13)19-6-9-3-10(9)7-19/h4-5,9-10H,3,6-7H2,1-2H3,(H,17,20)(H,21,22). The zero-order valence-corrected chi connectivity index (χ0v) is 14.5. The molecule has 2 unspecified atom stereocenters. The number of carbonyl (C=O) groups excluding carboxylic acids is 1. The third-order valence-electron chi connectivity index (χ3n) is 4.57. The van der Waals surface area contributed by atoms with Gasteiger partial charge in [-0.1, -0.05) is 0 Å². The molecule has 1 saturated carbocycles. The molecular formula is C15H18FN3O5S. The number of hydrogen-bond acceptors (Lipinski definition) is 5. The number of carbonyl (C=O) groups is 2. The predicted octanol–water partition coefficient (Wildman–Crippen LogP) is 0.516. The molecule has 2 fully saturated rings. The van der Waals surface area contributed by atoms with Crippen molar-refractivity contribution < 1.29 is 27.5 Å². The van der Waals surface area contributed by atoms with Gasteiger partial charge in [-0.15, -0.1) is 0 Å². The summed E-state index contributed by atoms with van der Waals surface area (Å²) in [5.41, 5.74) is -0.645. The first-order valence-corrected chi connectivity index (χ1v) is 9.10. The molecule has 8 nitrogen and oxygen atoms in total. The van der Waals surface area contributed by atoms with Gasteiger partial charge >= 0.3 is 16.2 Å². The number of hydrogen-bond donors (Lipinski definition) is 2. The summed E-state index contributed by atoms with van der Waals surface area (Å²) in [7, 11) is -1.64. The number of nitrogens with one attached hydrogen (secondary N) is 1. The summed E-state index contributed by atoms with van der Waals surface area (Å²) in [5.74, 6) is -2.60. The Hall–Kier alpha value is -2.20. The van der Waals surface area contributed by atoms with Crippen LogP contribution in [-0.2, 0) is 10.2 Å². The Labute approximate surface area is 144 Å². The number of benzene rings is 1. The lowest BCUT2D eigenvalue weighted by molar-refractivity contribution is 0.0695. The van der Waals surface area contributed by atoms with Crippen LogP contribution >= 0.6 is 0 Å². The molecule has 0 aromatic heterocycles. The Morgan fingerprint density at radius 3 is 2.40 bits per heavy atom. The maximum Gasteiger partial charge on any atom is 0.335 e. The van der Waals surface area contributed by atoms with E-state index in [2.05, 4.69) is 0 Å². The number of fused-ring (bicyclic) bond motifs is 1. The predicted molar refractivity (Wildman–Crippen MR) is 87.2 cm³/mol. The number of nitrogens with zero attached hydrogens (tertiary/aromatic N) is 2. The highest BCUT2D eigenvalue weighted by Crippen LogP contribution is 2.47. The van der Waals surface area contributed by atoms with Gasteiger partial charge in [0.05, 0.1) is 16.8 Å². The summed E-state index contributed by atoms with van der Waals surface area (Å²) < 4.78 is 40.8. The van der Waals surface area contributed by atoms with Gasteiger partial charge < -0.3 is 10.0 Å². The van der Waals surface area contributed by atoms with Crippen molar-refractivity contribution in [3.8, 4) is 0 Å². The zero-order valence-electron chi connectivity index (χ0n) is 13.7. The quantitative estimate of drug-likeness (QED) is 0.781. The Bertz CT molecular complexity index is 845. The van der Waals surface area contributed by atoms with Crippen molar-refractivity contribution in [2.75, 3.05) is 32.1 Å². The van der Waals surface area contributed by atoms with Crippen LogP contribution in [0.25, 0.3) is 0 Å². The fourth-order valence-electron chi connectivity index (χ4n) is 3.04. The molecule has 1 amide bonds. The third-order valence-corrected chi connectivity index (χ3v) is 5.97. The Kier molecular flexibility index (Phi) is 4.20. The van der Waals surface area contributed by atoms with Crippen LogP contribution in [0.3, 0.4) is 0 Å². The van der Waals surface area contributed by atoms with E-state index in [1.54, 1.807) is 9.62 Å². The SMILES string of the molecule is CN(C)S(=O)(=O)NC(=O)c1c(F)cc(C(=O)O)cc1N1CC2CC2C1. The normalized spacial score (nSPS) is 22.0. The molecule has 0 spiro atoms. The van der Waals surface area contributed by atoms with Crippen LogP contribution in [0.4, 0.5) is 10.1 Å². The average Bonchev–Trinajstić information content (AvgIpc) is 3.11. The van der Waals surface area contributed by atoms with E-state index in [4.69, 9.17) is 5.11 Å². The number of amides is 1. The second-order valence-electron chi connectivity index (χ2n) is 6.54. The average molecular weight is 371 g/mol. The highest BCUT2D eigenvalue weighted by atomic mass is 32.2. The maximum absolute atomic E-state index is 14.5. The topological polar surface area (TPSA) is 107 Å². The van der Waals surface area contributed by atoms with Crippen molar-refractivity contribution in [2.45, 2.75) is 6.42 Å². The van der Waals surface area contributed by atoms with E-state index in [0.29, 0.717) is 24.9 Å². The molecule has 3 rings (SSSR count). The molecule has 0 radical (unpaired) electrons. The molecule has 136 valence electrons. The summed E-state index contributed by atoms with van der Waals surface area (Å²) in [6, 6.07) is 1.94. The molecule has 1 aromatic rings. The van der Waals surface area contributed by atoms with Crippen molar-refractivity contribution in [1.29, 1.82) is 0 Å². The van der Waals surface area contributed by atoms with E-state index >= 15 is 0 Å². The van der Waals surface area contributed by atoms with Crippen LogP contribution < -0.4 is 9.62 Å². The van der Waals surface area contributed by atoms with Gasteiger partial charge in [0, 0.05) is 27.2 Å². The van der Waals surface area contributed by atoms with Crippen LogP contribution in [0.5, 0.6) is 0 Å². The Balaban J connectivity index is 2.02. The second kappa shape index (κ2) is 5.95. The monoisotopic (exact) mass is 371 g/mol. The Morgan fingerprint density at radius 1 is 1.28 bits per heavy atom. The van der Waals surface area contributed by atoms with Gasteiger partial charge in [0.15, 0.2) is 0 Å². The van der Waals surface area contributed by atoms with Gasteiger partial charge in [0.25, 0.3) is 5.91 Å². The van der Waals surface area contributed by atoms with E-state index in [1.807, 2.05) is 0 Å². The van der Waals surface area contributed by atoms with E-state index in [0.717, 1.165) is 16.8 Å². The fourth-order valence-corrected chi connectivity index (χ4v) is 3.56. The zero-order chi connectivity index (χ0) is 18.5. The molecule has 1 aliphatic heterocycles. The molecule has 2 atom stereocenters. The minimum atomic E-state index is -4.10. The molecule has 1 heterocycles. The molecule has 0 bridgehead atoms. The van der Waals surface area contributed by atoms with Gasteiger partial charge in [0.2, 0.25) is 0 Å². The number of anilines is 1. The van der Waals surface area contributed by atoms with Gasteiger partial charge in [-0.05, 0) is 30.4 Å². The van der Waals surface area contributed by atoms with Crippen molar-refractivity contribution in [3.63, 3.8) is 0 Å². The van der Waals surface area contributed by atoms with Crippen LogP contribution in [0.1, 0.15) is 27.1 Å². The maximum atomic E-state index is 14.5. The van der Waals surface area contributed by atoms with Crippen molar-refractivity contribution in [2.24, 2.45) is 11.8 Å². The van der Waals surface area contributed by atoms with Crippen LogP contribution in [-0.4, -0.2) is 56.9 Å². The smallest absolute Gasteiger partial charge is 0.335 e. The lowest BCUT2D eigenvalue weighted by atomic mass is 10.1. The highest BCUT2D eigenvalue weighted by molar-refractivity contribution is 7.87. The van der Waals surface area contributed by atoms with Gasteiger partial charge in [0.1, 0.15) is 5.82 Å². The van der Waals surface area contributed by atoms with Gasteiger partial charge in [-0.2, -0.15) is 12.7 Å².